The number of amides is 1. The lowest BCUT2D eigenvalue weighted by Gasteiger charge is -2.44. The summed E-state index contributed by atoms with van der Waals surface area (Å²) in [6, 6.07) is 3.45. The topological polar surface area (TPSA) is 73.6 Å². The van der Waals surface area contributed by atoms with Crippen molar-refractivity contribution in [3.8, 4) is 0 Å². The Kier molecular flexibility index (Phi) is 8.56. The lowest BCUT2D eigenvalue weighted by molar-refractivity contribution is -0.00533. The quantitative estimate of drug-likeness (QED) is 0.379. The molecule has 8 nitrogen and oxygen atoms in total. The number of rotatable bonds is 4. The molecular formula is C19H32IN5O3. The van der Waals surface area contributed by atoms with Crippen LogP contribution in [0.15, 0.2) is 27.8 Å². The van der Waals surface area contributed by atoms with E-state index in [9.17, 15) is 4.79 Å². The van der Waals surface area contributed by atoms with Gasteiger partial charge in [0.1, 0.15) is 0 Å². The van der Waals surface area contributed by atoms with Crippen LogP contribution in [0.5, 0.6) is 0 Å². The van der Waals surface area contributed by atoms with E-state index >= 15 is 0 Å². The minimum atomic E-state index is -0.0450. The molecule has 0 saturated carbocycles. The molecule has 1 N–H and O–H groups in total. The number of ether oxygens (including phenoxy) is 1. The average molecular weight is 505 g/mol. The molecule has 28 heavy (non-hydrogen) atoms. The number of carbonyl (C=O) groups excluding carboxylic acids is 1. The van der Waals surface area contributed by atoms with E-state index in [1.165, 1.54) is 6.26 Å². The van der Waals surface area contributed by atoms with E-state index in [0.29, 0.717) is 18.8 Å². The second-order valence-corrected chi connectivity index (χ2v) is 7.39. The van der Waals surface area contributed by atoms with Crippen molar-refractivity contribution in [1.82, 2.24) is 20.0 Å². The number of hydrogen-bond donors (Lipinski definition) is 1. The van der Waals surface area contributed by atoms with E-state index in [4.69, 9.17) is 9.15 Å². The molecule has 0 aliphatic carbocycles. The van der Waals surface area contributed by atoms with Crippen LogP contribution in [-0.2, 0) is 4.74 Å². The molecule has 0 radical (unpaired) electrons. The molecule has 0 unspecified atom stereocenters. The predicted molar refractivity (Wildman–Crippen MR) is 119 cm³/mol. The molecule has 3 rings (SSSR count). The summed E-state index contributed by atoms with van der Waals surface area (Å²) in [5.41, 5.74) is 0.0886. The molecule has 0 aromatic carbocycles. The third-order valence-electron chi connectivity index (χ3n) is 5.76. The third kappa shape index (κ3) is 5.18. The van der Waals surface area contributed by atoms with Gasteiger partial charge in [0.05, 0.1) is 6.26 Å². The zero-order chi connectivity index (χ0) is 19.3. The lowest BCUT2D eigenvalue weighted by atomic mass is 9.88. The first-order chi connectivity index (χ1) is 13.1. The summed E-state index contributed by atoms with van der Waals surface area (Å²) in [6.45, 7) is 5.26. The Hall–Kier alpha value is -1.33. The number of furan rings is 1. The number of carbonyl (C=O) groups is 1. The van der Waals surface area contributed by atoms with Gasteiger partial charge in [0.2, 0.25) is 0 Å². The van der Waals surface area contributed by atoms with Crippen LogP contribution in [0.3, 0.4) is 0 Å². The Balaban J connectivity index is 0.00000280. The molecule has 0 bridgehead atoms. The molecule has 0 atom stereocenters. The fourth-order valence-electron chi connectivity index (χ4n) is 3.79. The van der Waals surface area contributed by atoms with Crippen molar-refractivity contribution < 1.29 is 13.9 Å². The predicted octanol–water partition coefficient (Wildman–Crippen LogP) is 1.34. The standard InChI is InChI=1S/C19H31N5O3.HI/c1-20-18(21-15-19(22(2)3)6-13-26-14-7-19)24-10-8-23(9-11-24)17(25)16-5-4-12-27-16;/h4-5,12H,6-11,13-15H2,1-3H3,(H,20,21);1H. The van der Waals surface area contributed by atoms with E-state index in [1.54, 1.807) is 12.1 Å². The van der Waals surface area contributed by atoms with E-state index in [1.807, 2.05) is 11.9 Å². The summed E-state index contributed by atoms with van der Waals surface area (Å²) in [5.74, 6) is 1.25. The van der Waals surface area contributed by atoms with Crippen LogP contribution in [0, 0.1) is 0 Å². The minimum Gasteiger partial charge on any atom is -0.459 e. The van der Waals surface area contributed by atoms with Crippen molar-refractivity contribution in [1.29, 1.82) is 0 Å². The summed E-state index contributed by atoms with van der Waals surface area (Å²) >= 11 is 0. The van der Waals surface area contributed by atoms with Gasteiger partial charge in [-0.15, -0.1) is 24.0 Å². The normalized spacial score (nSPS) is 20.1. The molecular weight excluding hydrogens is 473 g/mol. The number of nitrogens with one attached hydrogen (secondary N) is 1. The minimum absolute atomic E-state index is 0. The van der Waals surface area contributed by atoms with Crippen LogP contribution in [0.2, 0.25) is 0 Å². The first kappa shape index (κ1) is 23.0. The Morgan fingerprint density at radius 3 is 2.39 bits per heavy atom. The molecule has 2 aliphatic rings. The summed E-state index contributed by atoms with van der Waals surface area (Å²) in [5, 5.41) is 3.56. The number of likely N-dealkylation sites (N-methyl/N-ethyl adjacent to an activating group) is 1. The number of nitrogens with zero attached hydrogens (tertiary/aromatic N) is 4. The van der Waals surface area contributed by atoms with Crippen LogP contribution in [0.25, 0.3) is 0 Å². The van der Waals surface area contributed by atoms with Gasteiger partial charge < -0.3 is 29.2 Å². The molecule has 1 aromatic rings. The number of halogens is 1. The van der Waals surface area contributed by atoms with Crippen LogP contribution < -0.4 is 5.32 Å². The number of guanidine groups is 1. The highest BCUT2D eigenvalue weighted by atomic mass is 127. The Bertz CT molecular complexity index is 636. The van der Waals surface area contributed by atoms with Crippen molar-refractivity contribution in [2.45, 2.75) is 18.4 Å². The van der Waals surface area contributed by atoms with E-state index < -0.39 is 0 Å². The van der Waals surface area contributed by atoms with Crippen molar-refractivity contribution >= 4 is 35.8 Å². The first-order valence-corrected chi connectivity index (χ1v) is 9.59. The Morgan fingerprint density at radius 1 is 1.21 bits per heavy atom. The average Bonchev–Trinajstić information content (AvgIpc) is 3.24. The van der Waals surface area contributed by atoms with Crippen LogP contribution in [-0.4, -0.2) is 99.2 Å². The number of aliphatic imine (C=N–C) groups is 1. The van der Waals surface area contributed by atoms with Gasteiger partial charge in [0, 0.05) is 58.5 Å². The molecule has 0 spiro atoms. The first-order valence-electron chi connectivity index (χ1n) is 9.59. The summed E-state index contributed by atoms with van der Waals surface area (Å²) in [4.78, 5) is 23.2. The Morgan fingerprint density at radius 2 is 1.86 bits per heavy atom. The van der Waals surface area contributed by atoms with Gasteiger partial charge in [-0.05, 0) is 39.1 Å². The lowest BCUT2D eigenvalue weighted by Crippen LogP contribution is -2.59. The van der Waals surface area contributed by atoms with Crippen LogP contribution >= 0.6 is 24.0 Å². The van der Waals surface area contributed by atoms with E-state index in [0.717, 1.165) is 51.6 Å². The second kappa shape index (κ2) is 10.4. The molecule has 9 heteroatoms. The fourth-order valence-corrected chi connectivity index (χ4v) is 3.79. The third-order valence-corrected chi connectivity index (χ3v) is 5.76. The second-order valence-electron chi connectivity index (χ2n) is 7.39. The number of hydrogen-bond acceptors (Lipinski definition) is 5. The molecule has 2 aliphatic heterocycles. The van der Waals surface area contributed by atoms with Gasteiger partial charge in [-0.1, -0.05) is 0 Å². The fraction of sp³-hybridized carbons (Fsp3) is 0.684. The Labute approximate surface area is 184 Å². The molecule has 1 amide bonds. The summed E-state index contributed by atoms with van der Waals surface area (Å²) < 4.78 is 10.8. The van der Waals surface area contributed by atoms with Gasteiger partial charge in [0.25, 0.3) is 5.91 Å². The van der Waals surface area contributed by atoms with Gasteiger partial charge >= 0.3 is 0 Å². The van der Waals surface area contributed by atoms with Gasteiger partial charge in [-0.25, -0.2) is 0 Å². The van der Waals surface area contributed by atoms with Gasteiger partial charge in [-0.2, -0.15) is 0 Å². The molecule has 1 aromatic heterocycles. The maximum atomic E-state index is 12.4. The molecule has 2 fully saturated rings. The van der Waals surface area contributed by atoms with Gasteiger partial charge in [0.15, 0.2) is 11.7 Å². The highest BCUT2D eigenvalue weighted by molar-refractivity contribution is 14.0. The van der Waals surface area contributed by atoms with Crippen LogP contribution in [0.4, 0.5) is 0 Å². The van der Waals surface area contributed by atoms with Crippen molar-refractivity contribution in [3.63, 3.8) is 0 Å². The van der Waals surface area contributed by atoms with Crippen molar-refractivity contribution in [2.24, 2.45) is 4.99 Å². The number of piperazine rings is 1. The summed E-state index contributed by atoms with van der Waals surface area (Å²) in [7, 11) is 6.08. The highest BCUT2D eigenvalue weighted by Crippen LogP contribution is 2.25. The van der Waals surface area contributed by atoms with Crippen molar-refractivity contribution in [2.75, 3.05) is 67.1 Å². The summed E-state index contributed by atoms with van der Waals surface area (Å²) in [6.07, 6.45) is 3.55. The van der Waals surface area contributed by atoms with Crippen LogP contribution in [0.1, 0.15) is 23.4 Å². The van der Waals surface area contributed by atoms with E-state index in [-0.39, 0.29) is 35.4 Å². The maximum absolute atomic E-state index is 12.4. The molecule has 3 heterocycles. The zero-order valence-electron chi connectivity index (χ0n) is 17.0. The monoisotopic (exact) mass is 505 g/mol. The smallest absolute Gasteiger partial charge is 0.289 e. The largest absolute Gasteiger partial charge is 0.459 e. The SMILES string of the molecule is CN=C(NCC1(N(C)C)CCOCC1)N1CCN(C(=O)c2ccco2)CC1.I. The maximum Gasteiger partial charge on any atom is 0.289 e. The molecule has 2 saturated heterocycles. The van der Waals surface area contributed by atoms with Gasteiger partial charge in [-0.3, -0.25) is 9.79 Å². The van der Waals surface area contributed by atoms with Crippen molar-refractivity contribution in [3.05, 3.63) is 24.2 Å². The van der Waals surface area contributed by atoms with E-state index in [2.05, 4.69) is 34.2 Å². The zero-order valence-corrected chi connectivity index (χ0v) is 19.3. The molecule has 158 valence electrons. The highest BCUT2D eigenvalue weighted by Gasteiger charge is 2.35.